The zero-order valence-electron chi connectivity index (χ0n) is 14.7. The molecule has 26 heavy (non-hydrogen) atoms. The fourth-order valence-electron chi connectivity index (χ4n) is 2.98. The zero-order valence-corrected chi connectivity index (χ0v) is 14.7. The average Bonchev–Trinajstić information content (AvgIpc) is 3.17. The van der Waals surface area contributed by atoms with Crippen LogP contribution < -0.4 is 19.5 Å². The lowest BCUT2D eigenvalue weighted by Crippen LogP contribution is -2.01. The molecular formula is C19H18N4O3. The van der Waals surface area contributed by atoms with E-state index in [0.717, 1.165) is 22.4 Å². The maximum absolute atomic E-state index is 5.41. The van der Waals surface area contributed by atoms with E-state index < -0.39 is 0 Å². The maximum atomic E-state index is 5.41. The summed E-state index contributed by atoms with van der Waals surface area (Å²) in [4.78, 5) is 9.15. The molecule has 0 aliphatic heterocycles. The lowest BCUT2D eigenvalue weighted by atomic mass is 10.2. The first-order valence-electron chi connectivity index (χ1n) is 8.04. The van der Waals surface area contributed by atoms with Gasteiger partial charge < -0.3 is 19.5 Å². The van der Waals surface area contributed by atoms with E-state index in [0.29, 0.717) is 23.1 Å². The molecule has 0 atom stereocenters. The Hall–Kier alpha value is -3.48. The summed E-state index contributed by atoms with van der Waals surface area (Å²) in [6.07, 6.45) is 3.67. The van der Waals surface area contributed by atoms with Crippen LogP contribution in [0, 0.1) is 0 Å². The standard InChI is InChI=1S/C19H18N4O3/c1-24-15-10-12(11-16(25-2)17(15)26-3)21-18-19-20-8-9-23(19)14-7-5-4-6-13(14)22-18/h4-11H,1-3H3,(H,21,22). The minimum atomic E-state index is 0.540. The molecule has 4 aromatic rings. The van der Waals surface area contributed by atoms with Gasteiger partial charge in [0.2, 0.25) is 5.75 Å². The van der Waals surface area contributed by atoms with Gasteiger partial charge in [-0.2, -0.15) is 0 Å². The highest BCUT2D eigenvalue weighted by Gasteiger charge is 2.15. The van der Waals surface area contributed by atoms with Gasteiger partial charge in [0, 0.05) is 30.2 Å². The fourth-order valence-corrected chi connectivity index (χ4v) is 2.98. The van der Waals surface area contributed by atoms with Gasteiger partial charge in [-0.05, 0) is 12.1 Å². The number of hydrogen-bond acceptors (Lipinski definition) is 6. The van der Waals surface area contributed by atoms with Gasteiger partial charge in [0.15, 0.2) is 23.0 Å². The van der Waals surface area contributed by atoms with E-state index in [-0.39, 0.29) is 0 Å². The highest BCUT2D eigenvalue weighted by molar-refractivity contribution is 5.84. The number of ether oxygens (including phenoxy) is 3. The molecule has 0 aliphatic carbocycles. The number of rotatable bonds is 5. The molecule has 4 rings (SSSR count). The largest absolute Gasteiger partial charge is 0.493 e. The van der Waals surface area contributed by atoms with Crippen molar-refractivity contribution in [1.82, 2.24) is 14.4 Å². The molecular weight excluding hydrogens is 332 g/mol. The lowest BCUT2D eigenvalue weighted by Gasteiger charge is -2.15. The van der Waals surface area contributed by atoms with E-state index >= 15 is 0 Å². The van der Waals surface area contributed by atoms with Crippen molar-refractivity contribution < 1.29 is 14.2 Å². The molecule has 0 saturated heterocycles. The third kappa shape index (κ3) is 2.54. The molecule has 2 aromatic carbocycles. The number of nitrogens with one attached hydrogen (secondary N) is 1. The summed E-state index contributed by atoms with van der Waals surface area (Å²) >= 11 is 0. The number of benzene rings is 2. The van der Waals surface area contributed by atoms with Gasteiger partial charge in [-0.25, -0.2) is 9.97 Å². The molecule has 0 bridgehead atoms. The molecule has 0 unspecified atom stereocenters. The van der Waals surface area contributed by atoms with Gasteiger partial charge in [-0.1, -0.05) is 12.1 Å². The van der Waals surface area contributed by atoms with Crippen molar-refractivity contribution in [3.63, 3.8) is 0 Å². The summed E-state index contributed by atoms with van der Waals surface area (Å²) in [7, 11) is 4.75. The zero-order chi connectivity index (χ0) is 18.1. The summed E-state index contributed by atoms with van der Waals surface area (Å²) in [5, 5.41) is 3.32. The molecule has 0 amide bonds. The number of nitrogens with zero attached hydrogens (tertiary/aromatic N) is 3. The van der Waals surface area contributed by atoms with Crippen LogP contribution in [0.15, 0.2) is 48.8 Å². The summed E-state index contributed by atoms with van der Waals surface area (Å²) < 4.78 is 18.2. The molecule has 1 N–H and O–H groups in total. The molecule has 0 aliphatic rings. The number of methoxy groups -OCH3 is 3. The van der Waals surface area contributed by atoms with Crippen molar-refractivity contribution in [2.24, 2.45) is 0 Å². The van der Waals surface area contributed by atoms with Crippen LogP contribution >= 0.6 is 0 Å². The van der Waals surface area contributed by atoms with Crippen molar-refractivity contribution in [3.05, 3.63) is 48.8 Å². The Bertz CT molecular complexity index is 1070. The summed E-state index contributed by atoms with van der Waals surface area (Å²) in [5.74, 6) is 2.31. The quantitative estimate of drug-likeness (QED) is 0.592. The monoisotopic (exact) mass is 350 g/mol. The Morgan fingerprint density at radius 3 is 2.38 bits per heavy atom. The first kappa shape index (κ1) is 16.0. The Labute approximate surface area is 150 Å². The van der Waals surface area contributed by atoms with Crippen molar-refractivity contribution in [2.75, 3.05) is 26.6 Å². The van der Waals surface area contributed by atoms with E-state index in [1.54, 1.807) is 27.5 Å². The molecule has 2 aromatic heterocycles. The van der Waals surface area contributed by atoms with Crippen LogP contribution in [0.5, 0.6) is 17.2 Å². The van der Waals surface area contributed by atoms with Gasteiger partial charge in [-0.3, -0.25) is 4.40 Å². The second kappa shape index (κ2) is 6.44. The minimum absolute atomic E-state index is 0.540. The molecule has 7 nitrogen and oxygen atoms in total. The summed E-state index contributed by atoms with van der Waals surface area (Å²) in [6.45, 7) is 0. The fraction of sp³-hybridized carbons (Fsp3) is 0.158. The van der Waals surface area contributed by atoms with Crippen LogP contribution in [0.4, 0.5) is 11.5 Å². The first-order chi connectivity index (χ1) is 12.7. The highest BCUT2D eigenvalue weighted by Crippen LogP contribution is 2.40. The molecule has 132 valence electrons. The molecule has 2 heterocycles. The minimum Gasteiger partial charge on any atom is -0.493 e. The van der Waals surface area contributed by atoms with Crippen LogP contribution in [-0.4, -0.2) is 35.7 Å². The van der Waals surface area contributed by atoms with Gasteiger partial charge in [0.1, 0.15) is 0 Å². The number of hydrogen-bond donors (Lipinski definition) is 1. The number of anilines is 2. The predicted octanol–water partition coefficient (Wildman–Crippen LogP) is 3.65. The van der Waals surface area contributed by atoms with Crippen LogP contribution in [0.1, 0.15) is 0 Å². The first-order valence-corrected chi connectivity index (χ1v) is 8.04. The summed E-state index contributed by atoms with van der Waals surface area (Å²) in [5.41, 5.74) is 3.35. The van der Waals surface area contributed by atoms with Gasteiger partial charge in [0.05, 0.1) is 32.4 Å². The number of para-hydroxylation sites is 2. The average molecular weight is 350 g/mol. The predicted molar refractivity (Wildman–Crippen MR) is 99.9 cm³/mol. The Kier molecular flexibility index (Phi) is 3.96. The number of fused-ring (bicyclic) bond motifs is 3. The van der Waals surface area contributed by atoms with Crippen molar-refractivity contribution in [2.45, 2.75) is 0 Å². The molecule has 0 saturated carbocycles. The molecule has 0 spiro atoms. The molecule has 0 radical (unpaired) electrons. The van der Waals surface area contributed by atoms with E-state index in [4.69, 9.17) is 19.2 Å². The third-order valence-corrected chi connectivity index (χ3v) is 4.15. The van der Waals surface area contributed by atoms with E-state index in [1.807, 2.05) is 47.0 Å². The lowest BCUT2D eigenvalue weighted by molar-refractivity contribution is 0.324. The number of imidazole rings is 1. The Morgan fingerprint density at radius 1 is 0.962 bits per heavy atom. The smallest absolute Gasteiger partial charge is 0.203 e. The van der Waals surface area contributed by atoms with Gasteiger partial charge in [0.25, 0.3) is 0 Å². The molecule has 7 heteroatoms. The van der Waals surface area contributed by atoms with Crippen molar-refractivity contribution in [1.29, 1.82) is 0 Å². The molecule has 0 fully saturated rings. The van der Waals surface area contributed by atoms with Crippen LogP contribution in [0.2, 0.25) is 0 Å². The Balaban J connectivity index is 1.85. The van der Waals surface area contributed by atoms with Gasteiger partial charge >= 0.3 is 0 Å². The normalized spacial score (nSPS) is 10.9. The highest BCUT2D eigenvalue weighted by atomic mass is 16.5. The van der Waals surface area contributed by atoms with E-state index in [2.05, 4.69) is 10.3 Å². The SMILES string of the molecule is COc1cc(Nc2nc3ccccc3n3ccnc23)cc(OC)c1OC. The van der Waals surface area contributed by atoms with E-state index in [9.17, 15) is 0 Å². The number of aromatic nitrogens is 3. The van der Waals surface area contributed by atoms with Crippen LogP contribution in [0.25, 0.3) is 16.7 Å². The van der Waals surface area contributed by atoms with Crippen molar-refractivity contribution in [3.8, 4) is 17.2 Å². The van der Waals surface area contributed by atoms with Gasteiger partial charge in [-0.15, -0.1) is 0 Å². The Morgan fingerprint density at radius 2 is 1.69 bits per heavy atom. The second-order valence-corrected chi connectivity index (χ2v) is 5.61. The maximum Gasteiger partial charge on any atom is 0.203 e. The topological polar surface area (TPSA) is 69.9 Å². The second-order valence-electron chi connectivity index (χ2n) is 5.61. The van der Waals surface area contributed by atoms with Crippen molar-refractivity contribution >= 4 is 28.2 Å². The van der Waals surface area contributed by atoms with Crippen LogP contribution in [0.3, 0.4) is 0 Å². The van der Waals surface area contributed by atoms with Crippen LogP contribution in [-0.2, 0) is 0 Å². The summed E-state index contributed by atoms with van der Waals surface area (Å²) in [6, 6.07) is 11.6. The third-order valence-electron chi connectivity index (χ3n) is 4.15. The van der Waals surface area contributed by atoms with E-state index in [1.165, 1.54) is 0 Å².